The van der Waals surface area contributed by atoms with E-state index in [4.69, 9.17) is 10.8 Å². The van der Waals surface area contributed by atoms with Crippen molar-refractivity contribution in [1.82, 2.24) is 21.3 Å². The molecule has 0 unspecified atom stereocenters. The number of carbonyl (C=O) groups excluding carboxylic acids is 5. The van der Waals surface area contributed by atoms with E-state index < -0.39 is 66.6 Å². The highest BCUT2D eigenvalue weighted by atomic mass is 16.4. The van der Waals surface area contributed by atoms with E-state index in [2.05, 4.69) is 26.4 Å². The molecule has 0 saturated carbocycles. The van der Waals surface area contributed by atoms with E-state index in [9.17, 15) is 33.7 Å². The molecule has 0 saturated heterocycles. The van der Waals surface area contributed by atoms with Gasteiger partial charge in [-0.3, -0.25) is 28.8 Å². The van der Waals surface area contributed by atoms with Crippen molar-refractivity contribution in [3.63, 3.8) is 0 Å². The molecule has 1 aromatic rings. The molecule has 7 N–H and O–H groups in total. The summed E-state index contributed by atoms with van der Waals surface area (Å²) in [4.78, 5) is 81.6. The minimum atomic E-state index is -1.12. The lowest BCUT2D eigenvalue weighted by Gasteiger charge is -2.19. The minimum absolute atomic E-state index is 0.0484. The Morgan fingerprint density at radius 1 is 0.914 bits per heavy atom. The molecule has 3 atom stereocenters. The van der Waals surface area contributed by atoms with Gasteiger partial charge in [0.1, 0.15) is 17.8 Å². The average Bonchev–Trinajstić information content (AvgIpc) is 2.83. The predicted octanol–water partition coefficient (Wildman–Crippen LogP) is -1.30. The Balaban J connectivity index is 2.42. The Morgan fingerprint density at radius 3 is 2.14 bits per heavy atom. The molecule has 0 aliphatic carbocycles. The van der Waals surface area contributed by atoms with Crippen molar-refractivity contribution < 1.29 is 33.9 Å². The van der Waals surface area contributed by atoms with Crippen LogP contribution in [0.3, 0.4) is 0 Å². The first-order valence-corrected chi connectivity index (χ1v) is 10.5. The fraction of sp³-hybridized carbons (Fsp3) is 0.429. The van der Waals surface area contributed by atoms with Gasteiger partial charge in [-0.05, 0) is 37.6 Å². The maximum absolute atomic E-state index is 12.2. The Kier molecular flexibility index (Phi) is 11.7. The van der Waals surface area contributed by atoms with Crippen molar-refractivity contribution >= 4 is 41.1 Å². The number of nitrogens with two attached hydrogens (primary N) is 1. The van der Waals surface area contributed by atoms with E-state index in [1.54, 1.807) is 6.07 Å². The van der Waals surface area contributed by atoms with Crippen LogP contribution in [-0.2, 0) is 24.0 Å². The molecule has 0 fully saturated rings. The van der Waals surface area contributed by atoms with Gasteiger partial charge in [-0.25, -0.2) is 0 Å². The third-order valence-electron chi connectivity index (χ3n) is 4.68. The van der Waals surface area contributed by atoms with Gasteiger partial charge in [0.25, 0.3) is 0 Å². The number of hydrogen-bond donors (Lipinski definition) is 6. The number of rotatable bonds is 14. The topological polar surface area (TPSA) is 226 Å². The van der Waals surface area contributed by atoms with Gasteiger partial charge in [0, 0.05) is 12.0 Å². The summed E-state index contributed by atoms with van der Waals surface area (Å²) in [5.41, 5.74) is 5.56. The zero-order valence-corrected chi connectivity index (χ0v) is 19.2. The van der Waals surface area contributed by atoms with Gasteiger partial charge in [-0.15, -0.1) is 4.91 Å². The van der Waals surface area contributed by atoms with Gasteiger partial charge in [0.15, 0.2) is 5.78 Å². The van der Waals surface area contributed by atoms with E-state index >= 15 is 0 Å². The van der Waals surface area contributed by atoms with Gasteiger partial charge < -0.3 is 32.1 Å². The van der Waals surface area contributed by atoms with Crippen LogP contribution in [0.2, 0.25) is 0 Å². The highest BCUT2D eigenvalue weighted by molar-refractivity contribution is 6.03. The second kappa shape index (κ2) is 14.1. The number of hydrogen-bond acceptors (Lipinski definition) is 9. The number of ketones is 1. The van der Waals surface area contributed by atoms with E-state index in [0.717, 1.165) is 0 Å². The normalized spacial score (nSPS) is 12.9. The lowest BCUT2D eigenvalue weighted by molar-refractivity contribution is -0.137. The van der Waals surface area contributed by atoms with Crippen LogP contribution in [0.25, 0.3) is 0 Å². The van der Waals surface area contributed by atoms with Crippen molar-refractivity contribution in [2.45, 2.75) is 44.8 Å². The quantitative estimate of drug-likeness (QED) is 0.134. The average molecular weight is 492 g/mol. The largest absolute Gasteiger partial charge is 0.481 e. The molecule has 4 amide bonds. The summed E-state index contributed by atoms with van der Waals surface area (Å²) in [5.74, 6) is -4.46. The third kappa shape index (κ3) is 10.1. The molecule has 1 aromatic carbocycles. The molecule has 14 nitrogen and oxygen atoms in total. The number of aliphatic carboxylic acids is 1. The fourth-order valence-electron chi connectivity index (χ4n) is 2.65. The van der Waals surface area contributed by atoms with Crippen LogP contribution in [0.4, 0.5) is 5.69 Å². The number of Topliss-reactive ketones (excluding diaryl/α,β-unsaturated/α-hetero) is 1. The highest BCUT2D eigenvalue weighted by Gasteiger charge is 2.23. The molecule has 190 valence electrons. The number of carbonyl (C=O) groups is 6. The monoisotopic (exact) mass is 492 g/mol. The lowest BCUT2D eigenvalue weighted by atomic mass is 10.1. The molecule has 0 aliphatic heterocycles. The summed E-state index contributed by atoms with van der Waals surface area (Å²) in [6.45, 7) is 1.81. The number of benzene rings is 1. The number of amides is 4. The molecule has 1 rings (SSSR count). The molecule has 14 heteroatoms. The van der Waals surface area contributed by atoms with Gasteiger partial charge in [0.05, 0.1) is 19.1 Å². The predicted molar refractivity (Wildman–Crippen MR) is 122 cm³/mol. The molecule has 0 bridgehead atoms. The molecular weight excluding hydrogens is 464 g/mol. The van der Waals surface area contributed by atoms with Crippen molar-refractivity contribution in [3.8, 4) is 0 Å². The van der Waals surface area contributed by atoms with Crippen molar-refractivity contribution in [2.24, 2.45) is 10.9 Å². The van der Waals surface area contributed by atoms with Gasteiger partial charge in [0.2, 0.25) is 23.6 Å². The summed E-state index contributed by atoms with van der Waals surface area (Å²) in [6, 6.07) is 2.58. The van der Waals surface area contributed by atoms with Crippen LogP contribution in [0, 0.1) is 4.91 Å². The van der Waals surface area contributed by atoms with Crippen LogP contribution in [-0.4, -0.2) is 71.7 Å². The number of carboxylic acids is 1. The van der Waals surface area contributed by atoms with Crippen molar-refractivity contribution in [1.29, 1.82) is 0 Å². The number of nitrogens with zero attached hydrogens (tertiary/aromatic N) is 1. The first-order chi connectivity index (χ1) is 16.5. The Labute approximate surface area is 200 Å². The molecule has 0 aliphatic rings. The third-order valence-corrected chi connectivity index (χ3v) is 4.68. The molecule has 0 heterocycles. The Bertz CT molecular complexity index is 982. The summed E-state index contributed by atoms with van der Waals surface area (Å²) < 4.78 is 0. The Hall–Kier alpha value is -4.20. The zero-order chi connectivity index (χ0) is 26.5. The summed E-state index contributed by atoms with van der Waals surface area (Å²) >= 11 is 0. The van der Waals surface area contributed by atoms with Crippen LogP contribution in [0.1, 0.15) is 37.0 Å². The van der Waals surface area contributed by atoms with Crippen molar-refractivity contribution in [3.05, 3.63) is 34.7 Å². The smallest absolute Gasteiger partial charge is 0.303 e. The SMILES string of the molecule is C[C@H](NC(=O)[C@H](C)NC(=O)[C@@H](N)CCC(=O)O)C(=O)NCC(=O)NCC(=O)c1ccccc1N=O. The van der Waals surface area contributed by atoms with Crippen molar-refractivity contribution in [2.75, 3.05) is 13.1 Å². The molecule has 0 aromatic heterocycles. The maximum Gasteiger partial charge on any atom is 0.303 e. The van der Waals surface area contributed by atoms with Crippen LogP contribution in [0.15, 0.2) is 29.4 Å². The number of nitroso groups, excluding NO2 is 1. The molecule has 35 heavy (non-hydrogen) atoms. The molecule has 0 spiro atoms. The summed E-state index contributed by atoms with van der Waals surface area (Å²) in [7, 11) is 0. The summed E-state index contributed by atoms with van der Waals surface area (Å²) in [5, 5.41) is 20.6. The number of carboxylic acid groups (broad SMARTS) is 1. The first kappa shape index (κ1) is 28.8. The standard InChI is InChI=1S/C21H28N6O8/c1-11(25-20(33)12(2)26-21(34)14(22)7-8-18(30)31)19(32)24-10-17(29)23-9-16(28)13-5-3-4-6-15(13)27-35/h3-6,11-12,14H,7-10,22H2,1-2H3,(H,23,29)(H,24,32)(H,25,33)(H,26,34)(H,30,31)/t11-,12-,14-/m0/s1. The highest BCUT2D eigenvalue weighted by Crippen LogP contribution is 2.18. The van der Waals surface area contributed by atoms with Gasteiger partial charge in [-0.1, -0.05) is 12.1 Å². The van der Waals surface area contributed by atoms with Crippen LogP contribution >= 0.6 is 0 Å². The van der Waals surface area contributed by atoms with E-state index in [1.165, 1.54) is 32.0 Å². The minimum Gasteiger partial charge on any atom is -0.481 e. The van der Waals surface area contributed by atoms with E-state index in [1.807, 2.05) is 0 Å². The van der Waals surface area contributed by atoms with Crippen LogP contribution in [0.5, 0.6) is 0 Å². The second-order valence-corrected chi connectivity index (χ2v) is 7.53. The van der Waals surface area contributed by atoms with E-state index in [-0.39, 0.29) is 24.1 Å². The molecule has 0 radical (unpaired) electrons. The molecular formula is C21H28N6O8. The first-order valence-electron chi connectivity index (χ1n) is 10.5. The maximum atomic E-state index is 12.2. The van der Waals surface area contributed by atoms with Crippen LogP contribution < -0.4 is 27.0 Å². The van der Waals surface area contributed by atoms with E-state index in [0.29, 0.717) is 0 Å². The summed E-state index contributed by atoms with van der Waals surface area (Å²) in [6.07, 6.45) is -0.417. The van der Waals surface area contributed by atoms with Gasteiger partial charge in [-0.2, -0.15) is 0 Å². The fourth-order valence-corrected chi connectivity index (χ4v) is 2.65. The van der Waals surface area contributed by atoms with Gasteiger partial charge >= 0.3 is 5.97 Å². The zero-order valence-electron chi connectivity index (χ0n) is 19.2. The Morgan fingerprint density at radius 2 is 1.51 bits per heavy atom. The lowest BCUT2D eigenvalue weighted by Crippen LogP contribution is -2.54. The number of nitrogens with one attached hydrogen (secondary N) is 4. The second-order valence-electron chi connectivity index (χ2n) is 7.53.